The van der Waals surface area contributed by atoms with Gasteiger partial charge in [-0.15, -0.1) is 0 Å². The largest absolute Gasteiger partial charge is 0.472 e. The van der Waals surface area contributed by atoms with E-state index in [9.17, 15) is 37.6 Å². The van der Waals surface area contributed by atoms with Crippen molar-refractivity contribution in [3.63, 3.8) is 0 Å². The molecule has 0 saturated heterocycles. The number of Topliss-reactive ketones (excluding diaryl/α,β-unsaturated/α-hetero) is 1. The Morgan fingerprint density at radius 1 is 0.953 bits per heavy atom. The van der Waals surface area contributed by atoms with E-state index < -0.39 is 51.0 Å². The number of rotatable bonds is 1. The first kappa shape index (κ1) is 31.5. The summed E-state index contributed by atoms with van der Waals surface area (Å²) in [5.74, 6) is -3.79. The lowest BCUT2D eigenvalue weighted by atomic mass is 9.34. The number of halogens is 3. The van der Waals surface area contributed by atoms with Gasteiger partial charge in [0.25, 0.3) is 0 Å². The van der Waals surface area contributed by atoms with Crippen LogP contribution in [-0.4, -0.2) is 29.6 Å². The summed E-state index contributed by atoms with van der Waals surface area (Å²) in [4.78, 5) is 52.2. The van der Waals surface area contributed by atoms with Crippen LogP contribution in [0.1, 0.15) is 93.4 Å². The van der Waals surface area contributed by atoms with Crippen molar-refractivity contribution >= 4 is 23.4 Å². The number of nitrogens with one attached hydrogen (secondary N) is 2. The van der Waals surface area contributed by atoms with Crippen LogP contribution in [0.3, 0.4) is 0 Å². The number of nitrogens with zero attached hydrogens (tertiary/aromatic N) is 1. The van der Waals surface area contributed by atoms with Crippen molar-refractivity contribution in [2.24, 2.45) is 50.2 Å². The number of carbonyl (C=O) groups excluding carboxylic acids is 4. The predicted molar refractivity (Wildman–Crippen MR) is 151 cm³/mol. The maximum absolute atomic E-state index is 14.4. The average molecular weight is 602 g/mol. The van der Waals surface area contributed by atoms with Gasteiger partial charge in [0, 0.05) is 22.2 Å². The first-order valence-electron chi connectivity index (χ1n) is 15.2. The molecule has 5 aliphatic rings. The van der Waals surface area contributed by atoms with Crippen molar-refractivity contribution in [3.8, 4) is 6.07 Å². The van der Waals surface area contributed by atoms with Gasteiger partial charge in [-0.3, -0.25) is 30.0 Å². The zero-order valence-electron chi connectivity index (χ0n) is 26.1. The Morgan fingerprint density at radius 2 is 1.58 bits per heavy atom. The first-order valence-corrected chi connectivity index (χ1v) is 15.2. The van der Waals surface area contributed by atoms with Crippen LogP contribution >= 0.6 is 0 Å². The lowest BCUT2D eigenvalue weighted by molar-refractivity contribution is -0.177. The van der Waals surface area contributed by atoms with E-state index in [1.54, 1.807) is 19.1 Å². The van der Waals surface area contributed by atoms with Gasteiger partial charge < -0.3 is 0 Å². The Kier molecular flexibility index (Phi) is 6.79. The van der Waals surface area contributed by atoms with Crippen molar-refractivity contribution in [2.75, 3.05) is 0 Å². The molecule has 0 aromatic rings. The monoisotopic (exact) mass is 601 g/mol. The molecule has 10 heteroatoms. The van der Waals surface area contributed by atoms with E-state index in [0.29, 0.717) is 19.3 Å². The Morgan fingerprint density at radius 3 is 2.19 bits per heavy atom. The van der Waals surface area contributed by atoms with Crippen molar-refractivity contribution < 1.29 is 32.3 Å². The number of allylic oxidation sites excluding steroid dienone is 4. The first-order chi connectivity index (χ1) is 19.6. The summed E-state index contributed by atoms with van der Waals surface area (Å²) >= 11 is 0. The summed E-state index contributed by atoms with van der Waals surface area (Å²) in [6.07, 6.45) is 2.99. The Hall–Kier alpha value is -2.96. The highest BCUT2D eigenvalue weighted by Gasteiger charge is 2.69. The summed E-state index contributed by atoms with van der Waals surface area (Å²) in [6, 6.07) is 2.11. The number of hydrazine groups is 1. The zero-order chi connectivity index (χ0) is 32.2. The van der Waals surface area contributed by atoms with Gasteiger partial charge in [0.15, 0.2) is 11.6 Å². The third kappa shape index (κ3) is 4.19. The fourth-order valence-corrected chi connectivity index (χ4v) is 10.3. The van der Waals surface area contributed by atoms with E-state index in [-0.39, 0.29) is 34.4 Å². The highest BCUT2D eigenvalue weighted by atomic mass is 19.4. The van der Waals surface area contributed by atoms with Crippen molar-refractivity contribution in [1.29, 1.82) is 5.26 Å². The third-order valence-corrected chi connectivity index (χ3v) is 13.2. The van der Waals surface area contributed by atoms with E-state index in [4.69, 9.17) is 0 Å². The van der Waals surface area contributed by atoms with Gasteiger partial charge in [0.1, 0.15) is 6.07 Å². The highest BCUT2D eigenvalue weighted by molar-refractivity contribution is 6.04. The summed E-state index contributed by atoms with van der Waals surface area (Å²) < 4.78 is 38.2. The van der Waals surface area contributed by atoms with E-state index >= 15 is 0 Å². The minimum Gasteiger partial charge on any atom is -0.295 e. The number of hydrogen-bond donors (Lipinski definition) is 2. The summed E-state index contributed by atoms with van der Waals surface area (Å²) in [6.45, 7) is 14.1. The Bertz CT molecular complexity index is 1420. The fourth-order valence-electron chi connectivity index (χ4n) is 10.3. The number of hydrogen-bond acceptors (Lipinski definition) is 5. The lowest BCUT2D eigenvalue weighted by Gasteiger charge is -2.69. The quantitative estimate of drug-likeness (QED) is 0.362. The van der Waals surface area contributed by atoms with Crippen LogP contribution in [-0.2, 0) is 19.2 Å². The smallest absolute Gasteiger partial charge is 0.295 e. The Labute approximate surface area is 251 Å². The number of amides is 2. The molecule has 3 fully saturated rings. The van der Waals surface area contributed by atoms with Crippen LogP contribution < -0.4 is 10.9 Å². The van der Waals surface area contributed by atoms with Crippen LogP contribution in [0, 0.1) is 61.6 Å². The molecule has 3 saturated carbocycles. The zero-order valence-corrected chi connectivity index (χ0v) is 26.1. The maximum Gasteiger partial charge on any atom is 0.472 e. The molecule has 0 radical (unpaired) electrons. The van der Waals surface area contributed by atoms with E-state index in [1.165, 1.54) is 5.43 Å². The molecule has 5 aliphatic carbocycles. The second kappa shape index (κ2) is 9.28. The molecule has 3 unspecified atom stereocenters. The van der Waals surface area contributed by atoms with E-state index in [0.717, 1.165) is 31.3 Å². The second-order valence-electron chi connectivity index (χ2n) is 15.7. The molecule has 0 spiro atoms. The predicted octanol–water partition coefficient (Wildman–Crippen LogP) is 5.92. The number of fused-ring (bicyclic) bond motifs is 7. The van der Waals surface area contributed by atoms with Crippen LogP contribution in [0.15, 0.2) is 23.3 Å². The van der Waals surface area contributed by atoms with Gasteiger partial charge in [-0.1, -0.05) is 60.1 Å². The van der Waals surface area contributed by atoms with Crippen LogP contribution in [0.5, 0.6) is 0 Å². The number of ketones is 2. The van der Waals surface area contributed by atoms with Gasteiger partial charge in [-0.05, 0) is 79.1 Å². The lowest BCUT2D eigenvalue weighted by Crippen LogP contribution is -2.65. The molecule has 0 aliphatic heterocycles. The molecule has 7 nitrogen and oxygen atoms in total. The fraction of sp³-hybridized carbons (Fsp3) is 0.727. The molecule has 0 aromatic heterocycles. The minimum absolute atomic E-state index is 0.0237. The van der Waals surface area contributed by atoms with Gasteiger partial charge in [-0.25, -0.2) is 0 Å². The topological polar surface area (TPSA) is 116 Å². The number of carbonyl (C=O) groups is 4. The van der Waals surface area contributed by atoms with Crippen molar-refractivity contribution in [3.05, 3.63) is 23.3 Å². The molecule has 2 amide bonds. The SMILES string of the molecule is CC1(C)C(=O)C(C#N)=C[C@]2(C)C3=CC(=O)C4[C@@H]5C[C@@](C)(C(=O)NNC(=O)C(F)(F)F)CC[C@]5(C)CCC4(C)[C@]3(C)CCC12. The van der Waals surface area contributed by atoms with Crippen LogP contribution in [0.25, 0.3) is 0 Å². The second-order valence-corrected chi connectivity index (χ2v) is 15.7. The molecule has 0 aromatic carbocycles. The van der Waals surface area contributed by atoms with Gasteiger partial charge in [0.2, 0.25) is 5.91 Å². The van der Waals surface area contributed by atoms with Crippen LogP contribution in [0.4, 0.5) is 13.2 Å². The summed E-state index contributed by atoms with van der Waals surface area (Å²) in [5.41, 5.74) is 0.992. The molecule has 0 heterocycles. The van der Waals surface area contributed by atoms with Gasteiger partial charge >= 0.3 is 12.1 Å². The molecule has 8 atom stereocenters. The summed E-state index contributed by atoms with van der Waals surface area (Å²) in [7, 11) is 0. The van der Waals surface area contributed by atoms with E-state index in [1.807, 2.05) is 19.3 Å². The van der Waals surface area contributed by atoms with E-state index in [2.05, 4.69) is 33.8 Å². The summed E-state index contributed by atoms with van der Waals surface area (Å²) in [5, 5.41) is 9.87. The number of nitriles is 1. The van der Waals surface area contributed by atoms with Crippen LogP contribution in [0.2, 0.25) is 0 Å². The molecule has 234 valence electrons. The molecular weight excluding hydrogens is 559 g/mol. The third-order valence-electron chi connectivity index (χ3n) is 13.2. The molecular formula is C33H42F3N3O4. The minimum atomic E-state index is -5.13. The Balaban J connectivity index is 1.54. The van der Waals surface area contributed by atoms with Crippen molar-refractivity contribution in [1.82, 2.24) is 10.9 Å². The number of alkyl halides is 3. The highest BCUT2D eigenvalue weighted by Crippen LogP contribution is 2.74. The molecule has 5 rings (SSSR count). The average Bonchev–Trinajstić information content (AvgIpc) is 2.91. The standard InChI is InChI=1S/C33H42F3N3O4/c1-27(2)21-8-9-31(6)22(30(21,5)15-18(17-37)24(27)41)14-20(40)23-19-16-29(4,25(42)38-39-26(43)33(34,35)36)11-10-28(19,3)12-13-32(23,31)7/h14-15,19,21,23H,8-13,16H2,1-7H3,(H,38,42)(H,39,43)/t19-,21?,23?,28+,29-,30-,31+,32?/m0/s1. The van der Waals surface area contributed by atoms with Crippen molar-refractivity contribution in [2.45, 2.75) is 99.6 Å². The molecule has 0 bridgehead atoms. The van der Waals surface area contributed by atoms with Gasteiger partial charge in [-0.2, -0.15) is 18.4 Å². The van der Waals surface area contributed by atoms with Gasteiger partial charge in [0.05, 0.1) is 5.57 Å². The maximum atomic E-state index is 14.4. The molecule has 2 N–H and O–H groups in total. The molecule has 43 heavy (non-hydrogen) atoms. The normalized spacial score (nSPS) is 43.4.